The number of aliphatic hydroxyl groups is 5. The van der Waals surface area contributed by atoms with Crippen molar-refractivity contribution in [1.82, 2.24) is 0 Å². The highest BCUT2D eigenvalue weighted by Gasteiger charge is 2.69. The first kappa shape index (κ1) is 32.2. The van der Waals surface area contributed by atoms with Crippen LogP contribution in [0.4, 0.5) is 0 Å². The van der Waals surface area contributed by atoms with E-state index in [1.807, 2.05) is 0 Å². The van der Waals surface area contributed by atoms with Crippen LogP contribution in [0.5, 0.6) is 0 Å². The van der Waals surface area contributed by atoms with Gasteiger partial charge in [-0.1, -0.05) is 27.7 Å². The van der Waals surface area contributed by atoms with Crippen LogP contribution >= 0.6 is 0 Å². The summed E-state index contributed by atoms with van der Waals surface area (Å²) in [5.74, 6) is 3.43. The van der Waals surface area contributed by atoms with E-state index in [9.17, 15) is 25.5 Å². The molecule has 5 N–H and O–H groups in total. The minimum atomic E-state index is -1.76. The summed E-state index contributed by atoms with van der Waals surface area (Å²) in [6, 6.07) is 0. The number of ether oxygens (including phenoxy) is 3. The van der Waals surface area contributed by atoms with Gasteiger partial charge in [0.1, 0.15) is 24.1 Å². The van der Waals surface area contributed by atoms with Gasteiger partial charge < -0.3 is 39.7 Å². The van der Waals surface area contributed by atoms with Crippen molar-refractivity contribution in [3.8, 4) is 0 Å². The Kier molecular flexibility index (Phi) is 8.61. The van der Waals surface area contributed by atoms with E-state index in [0.717, 1.165) is 38.7 Å². The summed E-state index contributed by atoms with van der Waals surface area (Å²) >= 11 is 0. The summed E-state index contributed by atoms with van der Waals surface area (Å²) < 4.78 is 19.3. The Morgan fingerprint density at radius 3 is 2.23 bits per heavy atom. The summed E-state index contributed by atoms with van der Waals surface area (Å²) in [6.07, 6.45) is 4.19. The standard InChI is InChI=1S/C35H58O8/c1-18(2)28(36)29(37)30(38)31(39)32(40)42-22-10-12-33(5)21(15-22)7-8-23-24(33)11-13-34(6)25(23)16-26-27(34)20(4)35(43-26)14-9-19(3)17-41-35/h19-27,29-32,36-40H,7-17H2,1-6H3/t19-,20+,21?,22+,23?,24?,25?,26?,27?,29-,30-,31-,32?,33+,34+,35-/m1/s1. The predicted octanol–water partition coefficient (Wildman–Crippen LogP) is 5.07. The summed E-state index contributed by atoms with van der Waals surface area (Å²) in [5.41, 5.74) is 0.960. The smallest absolute Gasteiger partial charge is 0.183 e. The summed E-state index contributed by atoms with van der Waals surface area (Å²) in [7, 11) is 0. The van der Waals surface area contributed by atoms with E-state index < -0.39 is 30.4 Å². The first-order valence-corrected chi connectivity index (χ1v) is 17.3. The van der Waals surface area contributed by atoms with E-state index in [2.05, 4.69) is 27.7 Å². The maximum Gasteiger partial charge on any atom is 0.183 e. The molecule has 4 aliphatic carbocycles. The fourth-order valence-electron chi connectivity index (χ4n) is 11.5. The van der Waals surface area contributed by atoms with Crippen molar-refractivity contribution in [2.45, 2.75) is 148 Å². The van der Waals surface area contributed by atoms with Crippen LogP contribution in [-0.2, 0) is 14.2 Å². The SMILES string of the molecule is CC(C)=C(O)[C@@H](O)[C@@H](O)[C@@H](O)C(O)O[C@H]1CC[C@@]2(C)C(CCC3C2CC[C@@]2(C)C3CC3O[C@]4(CC[C@@H](C)CO4)[C@@H](C)C32)C1. The van der Waals surface area contributed by atoms with E-state index >= 15 is 0 Å². The minimum absolute atomic E-state index is 0.219. The highest BCUT2D eigenvalue weighted by molar-refractivity contribution is 5.15. The average molecular weight is 607 g/mol. The molecule has 0 radical (unpaired) electrons. The Morgan fingerprint density at radius 1 is 0.837 bits per heavy atom. The molecule has 4 saturated carbocycles. The molecule has 6 aliphatic rings. The molecule has 2 heterocycles. The van der Waals surface area contributed by atoms with Crippen molar-refractivity contribution in [2.75, 3.05) is 6.61 Å². The zero-order valence-electron chi connectivity index (χ0n) is 27.2. The lowest BCUT2D eigenvalue weighted by molar-refractivity contribution is -0.273. The zero-order chi connectivity index (χ0) is 31.1. The number of aliphatic hydroxyl groups excluding tert-OH is 5. The molecule has 0 bridgehead atoms. The highest BCUT2D eigenvalue weighted by atomic mass is 16.7. The van der Waals surface area contributed by atoms with Gasteiger partial charge in [-0.15, -0.1) is 0 Å². The average Bonchev–Trinajstić information content (AvgIpc) is 3.42. The van der Waals surface area contributed by atoms with E-state index in [4.69, 9.17) is 14.2 Å². The first-order valence-electron chi connectivity index (χ1n) is 17.3. The number of fused-ring (bicyclic) bond motifs is 7. The summed E-state index contributed by atoms with van der Waals surface area (Å²) in [5, 5.41) is 51.7. The lowest BCUT2D eigenvalue weighted by atomic mass is 9.44. The molecule has 0 amide bonds. The lowest BCUT2D eigenvalue weighted by Crippen LogP contribution is -2.55. The highest BCUT2D eigenvalue weighted by Crippen LogP contribution is 2.71. The van der Waals surface area contributed by atoms with Gasteiger partial charge in [-0.2, -0.15) is 0 Å². The number of allylic oxidation sites excluding steroid dienone is 1. The van der Waals surface area contributed by atoms with Crippen LogP contribution in [0.25, 0.3) is 0 Å². The Bertz CT molecular complexity index is 1050. The maximum absolute atomic E-state index is 10.6. The third kappa shape index (κ3) is 5.14. The van der Waals surface area contributed by atoms with Crippen molar-refractivity contribution in [1.29, 1.82) is 0 Å². The molecule has 16 atom stereocenters. The molecule has 8 heteroatoms. The molecule has 0 aromatic heterocycles. The minimum Gasteiger partial charge on any atom is -0.510 e. The molecule has 8 nitrogen and oxygen atoms in total. The Morgan fingerprint density at radius 2 is 1.56 bits per heavy atom. The third-order valence-corrected chi connectivity index (χ3v) is 14.0. The van der Waals surface area contributed by atoms with Gasteiger partial charge in [0.05, 0.1) is 18.8 Å². The van der Waals surface area contributed by atoms with Crippen LogP contribution in [0, 0.1) is 52.3 Å². The molecule has 0 aromatic carbocycles. The largest absolute Gasteiger partial charge is 0.510 e. The van der Waals surface area contributed by atoms with E-state index in [1.54, 1.807) is 13.8 Å². The van der Waals surface area contributed by atoms with Crippen LogP contribution < -0.4 is 0 Å². The van der Waals surface area contributed by atoms with Crippen LogP contribution in [0.2, 0.25) is 0 Å². The van der Waals surface area contributed by atoms with Crippen LogP contribution in [0.3, 0.4) is 0 Å². The van der Waals surface area contributed by atoms with Crippen molar-refractivity contribution < 1.29 is 39.7 Å². The first-order chi connectivity index (χ1) is 20.2. The molecule has 0 aromatic rings. The van der Waals surface area contributed by atoms with Crippen LogP contribution in [0.15, 0.2) is 11.3 Å². The second-order valence-electron chi connectivity index (χ2n) is 16.4. The summed E-state index contributed by atoms with van der Waals surface area (Å²) in [6.45, 7) is 13.8. The van der Waals surface area contributed by atoms with Gasteiger partial charge in [0.2, 0.25) is 0 Å². The monoisotopic (exact) mass is 606 g/mol. The number of hydrogen-bond acceptors (Lipinski definition) is 8. The van der Waals surface area contributed by atoms with Crippen molar-refractivity contribution in [3.05, 3.63) is 11.3 Å². The molecular weight excluding hydrogens is 548 g/mol. The molecular formula is C35H58O8. The van der Waals surface area contributed by atoms with Gasteiger partial charge in [0.15, 0.2) is 12.1 Å². The second kappa shape index (κ2) is 11.5. The molecule has 246 valence electrons. The molecule has 6 fully saturated rings. The predicted molar refractivity (Wildman–Crippen MR) is 162 cm³/mol. The maximum atomic E-state index is 10.6. The van der Waals surface area contributed by atoms with Gasteiger partial charge in [-0.05, 0) is 124 Å². The normalized spacial score (nSPS) is 50.1. The fraction of sp³-hybridized carbons (Fsp3) is 0.943. The van der Waals surface area contributed by atoms with Gasteiger partial charge in [-0.25, -0.2) is 0 Å². The Labute approximate surface area is 258 Å². The molecule has 1 spiro atoms. The van der Waals surface area contributed by atoms with Crippen molar-refractivity contribution in [2.24, 2.45) is 52.3 Å². The van der Waals surface area contributed by atoms with Crippen LogP contribution in [0.1, 0.15) is 106 Å². The van der Waals surface area contributed by atoms with Crippen molar-refractivity contribution in [3.63, 3.8) is 0 Å². The van der Waals surface area contributed by atoms with E-state index in [0.29, 0.717) is 58.5 Å². The Hall–Kier alpha value is -0.740. The molecule has 2 saturated heterocycles. The summed E-state index contributed by atoms with van der Waals surface area (Å²) in [4.78, 5) is 0. The molecule has 7 unspecified atom stereocenters. The van der Waals surface area contributed by atoms with E-state index in [1.165, 1.54) is 32.1 Å². The molecule has 43 heavy (non-hydrogen) atoms. The zero-order valence-corrected chi connectivity index (χ0v) is 27.2. The fourth-order valence-corrected chi connectivity index (χ4v) is 11.5. The topological polar surface area (TPSA) is 129 Å². The number of rotatable bonds is 6. The van der Waals surface area contributed by atoms with E-state index in [-0.39, 0.29) is 17.3 Å². The molecule has 6 rings (SSSR count). The van der Waals surface area contributed by atoms with Gasteiger partial charge in [0, 0.05) is 12.3 Å². The quantitative estimate of drug-likeness (QED) is 0.209. The lowest BCUT2D eigenvalue weighted by Gasteiger charge is -2.61. The molecule has 2 aliphatic heterocycles. The van der Waals surface area contributed by atoms with Gasteiger partial charge >= 0.3 is 0 Å². The van der Waals surface area contributed by atoms with Gasteiger partial charge in [0.25, 0.3) is 0 Å². The van der Waals surface area contributed by atoms with Gasteiger partial charge in [-0.3, -0.25) is 0 Å². The number of hydrogen-bond donors (Lipinski definition) is 5. The Balaban J connectivity index is 1.09. The van der Waals surface area contributed by atoms with Crippen LogP contribution in [-0.4, -0.2) is 74.7 Å². The second-order valence-corrected chi connectivity index (χ2v) is 16.4. The third-order valence-electron chi connectivity index (χ3n) is 14.0. The van der Waals surface area contributed by atoms with Crippen molar-refractivity contribution >= 4 is 0 Å².